The summed E-state index contributed by atoms with van der Waals surface area (Å²) < 4.78 is 29.0. The summed E-state index contributed by atoms with van der Waals surface area (Å²) in [5.41, 5.74) is 4.07. The molecule has 3 N–H and O–H groups in total. The van der Waals surface area contributed by atoms with E-state index >= 15 is 0 Å². The van der Waals surface area contributed by atoms with Crippen molar-refractivity contribution in [1.82, 2.24) is 4.72 Å². The second kappa shape index (κ2) is 5.60. The molecule has 0 aliphatic rings. The Morgan fingerprint density at radius 1 is 1.44 bits per heavy atom. The van der Waals surface area contributed by atoms with Crippen LogP contribution >= 0.6 is 0 Å². The van der Waals surface area contributed by atoms with Crippen molar-refractivity contribution in [2.45, 2.75) is 39.7 Å². The first-order valence-electron chi connectivity index (χ1n) is 5.07. The van der Waals surface area contributed by atoms with E-state index in [1.807, 2.05) is 13.8 Å². The van der Waals surface area contributed by atoms with E-state index in [0.29, 0.717) is 12.3 Å². The third kappa shape index (κ3) is 6.76. The van der Waals surface area contributed by atoms with Gasteiger partial charge < -0.3 is 9.92 Å². The van der Waals surface area contributed by atoms with E-state index in [1.54, 1.807) is 0 Å². The van der Waals surface area contributed by atoms with Crippen LogP contribution in [0.5, 0.6) is 0 Å². The van der Waals surface area contributed by atoms with Crippen LogP contribution in [0.25, 0.3) is 0 Å². The van der Waals surface area contributed by atoms with Gasteiger partial charge in [-0.05, 0) is 26.2 Å². The first-order chi connectivity index (χ1) is 7.04. The number of nitrogens with one attached hydrogen (secondary N) is 1. The number of rotatable bonds is 6. The summed E-state index contributed by atoms with van der Waals surface area (Å²) in [6, 6.07) is 0. The quantitative estimate of drug-likeness (QED) is 0.701. The van der Waals surface area contributed by atoms with Crippen LogP contribution in [0.2, 0.25) is 0 Å². The molecule has 0 radical (unpaired) electrons. The molecule has 6 nitrogen and oxygen atoms in total. The lowest BCUT2D eigenvalue weighted by Crippen LogP contribution is -2.45. The van der Waals surface area contributed by atoms with Gasteiger partial charge in [-0.1, -0.05) is 13.8 Å². The van der Waals surface area contributed by atoms with Crippen LogP contribution in [0.4, 0.5) is 0 Å². The number of nitrogens with two attached hydrogens (primary N) is 1. The van der Waals surface area contributed by atoms with E-state index < -0.39 is 21.8 Å². The molecule has 96 valence electrons. The number of hydrogen-bond donors (Lipinski definition) is 2. The average Bonchev–Trinajstić information content (AvgIpc) is 1.99. The van der Waals surface area contributed by atoms with Gasteiger partial charge in [0.15, 0.2) is 0 Å². The van der Waals surface area contributed by atoms with Crippen molar-refractivity contribution in [3.05, 3.63) is 0 Å². The maximum atomic E-state index is 11.3. The Kier molecular flexibility index (Phi) is 5.37. The molecule has 0 saturated heterocycles. The molecule has 7 heteroatoms. The summed E-state index contributed by atoms with van der Waals surface area (Å²) in [5, 5.41) is 0. The van der Waals surface area contributed by atoms with Crippen molar-refractivity contribution in [1.29, 1.82) is 0 Å². The molecule has 0 heterocycles. The molecule has 0 saturated carbocycles. The van der Waals surface area contributed by atoms with Crippen molar-refractivity contribution in [3.63, 3.8) is 0 Å². The lowest BCUT2D eigenvalue weighted by atomic mass is 10.1. The molecule has 16 heavy (non-hydrogen) atoms. The molecule has 0 aromatic rings. The summed E-state index contributed by atoms with van der Waals surface area (Å²) >= 11 is 0. The summed E-state index contributed by atoms with van der Waals surface area (Å²) in [4.78, 5) is 11.2. The molecule has 0 aromatic carbocycles. The van der Waals surface area contributed by atoms with Gasteiger partial charge >= 0.3 is 16.3 Å². The van der Waals surface area contributed by atoms with Crippen molar-refractivity contribution in [2.24, 2.45) is 11.7 Å². The van der Waals surface area contributed by atoms with Crippen LogP contribution in [-0.4, -0.2) is 26.5 Å². The Bertz CT molecular complexity index is 330. The zero-order valence-electron chi connectivity index (χ0n) is 10.1. The highest BCUT2D eigenvalue weighted by Crippen LogP contribution is 2.04. The second-order valence-corrected chi connectivity index (χ2v) is 5.99. The van der Waals surface area contributed by atoms with Crippen molar-refractivity contribution < 1.29 is 17.4 Å². The Morgan fingerprint density at radius 3 is 2.31 bits per heavy atom. The predicted octanol–water partition coefficient (Wildman–Crippen LogP) is 0.147. The maximum Gasteiger partial charge on any atom is 0.385 e. The first-order valence-corrected chi connectivity index (χ1v) is 6.48. The summed E-state index contributed by atoms with van der Waals surface area (Å²) in [6.45, 7) is 6.91. The molecule has 0 fully saturated rings. The van der Waals surface area contributed by atoms with E-state index in [4.69, 9.17) is 5.73 Å². The SMILES string of the molecule is CC(C)CCNS(=O)(=O)OC(=O)C(C)(C)N. The van der Waals surface area contributed by atoms with Crippen LogP contribution in [0.15, 0.2) is 0 Å². The predicted molar refractivity (Wildman–Crippen MR) is 60.7 cm³/mol. The minimum Gasteiger partial charge on any atom is -0.332 e. The standard InChI is InChI=1S/C9H20N2O4S/c1-7(2)5-6-11-16(13,14)15-8(12)9(3,4)10/h7,11H,5-6,10H2,1-4H3. The largest absolute Gasteiger partial charge is 0.385 e. The summed E-state index contributed by atoms with van der Waals surface area (Å²) in [6.07, 6.45) is 0.669. The molecule has 0 aromatic heterocycles. The smallest absolute Gasteiger partial charge is 0.332 e. The first kappa shape index (κ1) is 15.3. The van der Waals surface area contributed by atoms with Crippen LogP contribution < -0.4 is 10.5 Å². The minimum absolute atomic E-state index is 0.234. The third-order valence-electron chi connectivity index (χ3n) is 1.71. The molecule has 0 spiro atoms. The van der Waals surface area contributed by atoms with Crippen LogP contribution in [0.3, 0.4) is 0 Å². The van der Waals surface area contributed by atoms with Crippen LogP contribution in [-0.2, 0) is 19.3 Å². The highest BCUT2D eigenvalue weighted by Gasteiger charge is 2.28. The van der Waals surface area contributed by atoms with Gasteiger partial charge in [-0.2, -0.15) is 13.1 Å². The number of carbonyl (C=O) groups excluding carboxylic acids is 1. The summed E-state index contributed by atoms with van der Waals surface area (Å²) in [5.74, 6) is -0.617. The molecule has 0 amide bonds. The second-order valence-electron chi connectivity index (χ2n) is 4.62. The van der Waals surface area contributed by atoms with E-state index in [9.17, 15) is 13.2 Å². The van der Waals surface area contributed by atoms with Crippen LogP contribution in [0.1, 0.15) is 34.1 Å². The zero-order valence-corrected chi connectivity index (χ0v) is 10.9. The van der Waals surface area contributed by atoms with Gasteiger partial charge in [0.25, 0.3) is 0 Å². The average molecular weight is 252 g/mol. The van der Waals surface area contributed by atoms with E-state index in [0.717, 1.165) is 0 Å². The Labute approximate surface area is 96.8 Å². The summed E-state index contributed by atoms with van der Waals surface area (Å²) in [7, 11) is -4.04. The van der Waals surface area contributed by atoms with Gasteiger partial charge in [-0.25, -0.2) is 4.79 Å². The normalized spacial score (nSPS) is 12.9. The fraction of sp³-hybridized carbons (Fsp3) is 0.889. The maximum absolute atomic E-state index is 11.3. The fourth-order valence-electron chi connectivity index (χ4n) is 0.709. The third-order valence-corrected chi connectivity index (χ3v) is 2.64. The van der Waals surface area contributed by atoms with Crippen molar-refractivity contribution in [2.75, 3.05) is 6.54 Å². The molecule has 0 aliphatic carbocycles. The molecule has 0 atom stereocenters. The van der Waals surface area contributed by atoms with Crippen molar-refractivity contribution >= 4 is 16.3 Å². The van der Waals surface area contributed by atoms with Gasteiger partial charge in [-0.15, -0.1) is 0 Å². The number of carbonyl (C=O) groups is 1. The zero-order chi connectivity index (χ0) is 13.0. The van der Waals surface area contributed by atoms with E-state index in [-0.39, 0.29) is 6.54 Å². The molecule has 0 unspecified atom stereocenters. The van der Waals surface area contributed by atoms with Crippen LogP contribution in [0, 0.1) is 5.92 Å². The lowest BCUT2D eigenvalue weighted by molar-refractivity contribution is -0.138. The molecular formula is C9H20N2O4S. The van der Waals surface area contributed by atoms with E-state index in [1.165, 1.54) is 13.8 Å². The highest BCUT2D eigenvalue weighted by atomic mass is 32.2. The Balaban J connectivity index is 4.22. The molecular weight excluding hydrogens is 232 g/mol. The van der Waals surface area contributed by atoms with Gasteiger partial charge in [-0.3, -0.25) is 0 Å². The number of hydrogen-bond acceptors (Lipinski definition) is 5. The molecule has 0 rings (SSSR count). The fourth-order valence-corrected chi connectivity index (χ4v) is 1.55. The Hall–Kier alpha value is -0.660. The minimum atomic E-state index is -4.04. The molecule has 0 aliphatic heterocycles. The van der Waals surface area contributed by atoms with Gasteiger partial charge in [0.05, 0.1) is 0 Å². The Morgan fingerprint density at radius 2 is 1.94 bits per heavy atom. The van der Waals surface area contributed by atoms with Gasteiger partial charge in [0.1, 0.15) is 5.54 Å². The topological polar surface area (TPSA) is 98.5 Å². The van der Waals surface area contributed by atoms with Crippen molar-refractivity contribution in [3.8, 4) is 0 Å². The monoisotopic (exact) mass is 252 g/mol. The van der Waals surface area contributed by atoms with Gasteiger partial charge in [0.2, 0.25) is 0 Å². The van der Waals surface area contributed by atoms with E-state index in [2.05, 4.69) is 8.91 Å². The molecule has 0 bridgehead atoms. The van der Waals surface area contributed by atoms with Gasteiger partial charge in [0, 0.05) is 6.54 Å². The highest BCUT2D eigenvalue weighted by molar-refractivity contribution is 7.85. The lowest BCUT2D eigenvalue weighted by Gasteiger charge is -2.16.